The average molecular weight is 322 g/mol. The first-order valence-electron chi connectivity index (χ1n) is 6.38. The highest BCUT2D eigenvalue weighted by atomic mass is 32.2. The fourth-order valence-corrected chi connectivity index (χ4v) is 1.76. The Balaban J connectivity index is 2.30. The Morgan fingerprint density at radius 2 is 1.24 bits per heavy atom. The van der Waals surface area contributed by atoms with Crippen molar-refractivity contribution in [3.05, 3.63) is 0 Å². The van der Waals surface area contributed by atoms with Gasteiger partial charge < -0.3 is 23.7 Å². The van der Waals surface area contributed by atoms with Gasteiger partial charge in [0.1, 0.15) is 26.4 Å². The molecule has 1 rings (SSSR count). The molecule has 0 saturated carbocycles. The number of thioether (sulfide) groups is 1. The lowest BCUT2D eigenvalue weighted by atomic mass is 10.6. The summed E-state index contributed by atoms with van der Waals surface area (Å²) in [5.74, 6) is -1.18. The summed E-state index contributed by atoms with van der Waals surface area (Å²) in [4.78, 5) is 33.9. The number of ether oxygens (including phenoxy) is 5. The Morgan fingerprint density at radius 3 is 1.90 bits per heavy atom. The zero-order chi connectivity index (χ0) is 15.3. The van der Waals surface area contributed by atoms with Crippen LogP contribution in [0.3, 0.4) is 0 Å². The lowest BCUT2D eigenvalue weighted by Crippen LogP contribution is -2.20. The molecule has 0 radical (unpaired) electrons. The molecule has 21 heavy (non-hydrogen) atoms. The van der Waals surface area contributed by atoms with Crippen molar-refractivity contribution in [1.82, 2.24) is 0 Å². The van der Waals surface area contributed by atoms with Crippen LogP contribution in [0.5, 0.6) is 0 Å². The Labute approximate surface area is 126 Å². The van der Waals surface area contributed by atoms with Crippen LogP contribution < -0.4 is 0 Å². The molecule has 1 fully saturated rings. The normalized spacial score (nSPS) is 21.8. The van der Waals surface area contributed by atoms with Gasteiger partial charge in [0.15, 0.2) is 0 Å². The van der Waals surface area contributed by atoms with E-state index in [1.165, 1.54) is 0 Å². The second-order valence-corrected chi connectivity index (χ2v) is 4.85. The number of carbonyl (C=O) groups excluding carboxylic acids is 3. The van der Waals surface area contributed by atoms with Crippen molar-refractivity contribution in [3.63, 3.8) is 0 Å². The van der Waals surface area contributed by atoms with Crippen molar-refractivity contribution >= 4 is 28.8 Å². The molecule has 0 aromatic rings. The monoisotopic (exact) mass is 322 g/mol. The molecule has 0 amide bonds. The van der Waals surface area contributed by atoms with Gasteiger partial charge in [-0.05, 0) is 0 Å². The van der Waals surface area contributed by atoms with Crippen molar-refractivity contribution in [1.29, 1.82) is 0 Å². The van der Waals surface area contributed by atoms with Crippen molar-refractivity contribution in [2.24, 2.45) is 0 Å². The molecule has 1 aliphatic heterocycles. The van der Waals surface area contributed by atoms with Gasteiger partial charge in [-0.15, -0.1) is 0 Å². The van der Waals surface area contributed by atoms with E-state index in [0.29, 0.717) is 13.2 Å². The van der Waals surface area contributed by atoms with Crippen molar-refractivity contribution in [3.8, 4) is 0 Å². The van der Waals surface area contributed by atoms with Crippen LogP contribution in [-0.4, -0.2) is 75.7 Å². The molecule has 0 atom stereocenters. The van der Waals surface area contributed by atoms with Crippen LogP contribution >= 0.6 is 11.8 Å². The first-order chi connectivity index (χ1) is 10.2. The van der Waals surface area contributed by atoms with Gasteiger partial charge in [-0.2, -0.15) is 0 Å². The highest BCUT2D eigenvalue weighted by Crippen LogP contribution is 2.03. The Hall–Kier alpha value is -1.16. The maximum absolute atomic E-state index is 11.4. The molecular weight excluding hydrogens is 304 g/mol. The zero-order valence-electron chi connectivity index (χ0n) is 11.5. The number of esters is 2. The minimum atomic E-state index is -0.576. The van der Waals surface area contributed by atoms with E-state index in [2.05, 4.69) is 0 Å². The summed E-state index contributed by atoms with van der Waals surface area (Å²) in [6, 6.07) is 0. The molecule has 0 N–H and O–H groups in total. The standard InChI is InChI=1S/C12H18O8S/c13-10-7-18-8-12(15)21-9-11(14)20-6-4-17-2-1-16-3-5-19-10/h1-9H2. The number of rotatable bonds is 0. The van der Waals surface area contributed by atoms with E-state index in [9.17, 15) is 14.4 Å². The molecule has 9 heteroatoms. The SMILES string of the molecule is O=C1COCC(=O)SCC(=O)OCCOCCOCCO1. The average Bonchev–Trinajstić information content (AvgIpc) is 2.46. The smallest absolute Gasteiger partial charge is 0.332 e. The number of hydrogen-bond donors (Lipinski definition) is 0. The summed E-state index contributed by atoms with van der Waals surface area (Å²) in [5, 5.41) is -0.361. The van der Waals surface area contributed by atoms with Crippen LogP contribution in [0.4, 0.5) is 0 Å². The summed E-state index contributed by atoms with van der Waals surface area (Å²) in [6.45, 7) is 0.857. The number of cyclic esters (lactones) is 2. The third-order valence-electron chi connectivity index (χ3n) is 2.14. The molecule has 0 aliphatic carbocycles. The van der Waals surface area contributed by atoms with E-state index in [1.807, 2.05) is 0 Å². The van der Waals surface area contributed by atoms with Crippen molar-refractivity contribution in [2.75, 3.05) is 58.6 Å². The van der Waals surface area contributed by atoms with Crippen LogP contribution in [0.1, 0.15) is 0 Å². The minimum absolute atomic E-state index is 0.101. The summed E-state index contributed by atoms with van der Waals surface area (Å²) in [6.07, 6.45) is 0. The largest absolute Gasteiger partial charge is 0.463 e. The van der Waals surface area contributed by atoms with E-state index < -0.39 is 11.9 Å². The fourth-order valence-electron chi connectivity index (χ4n) is 1.23. The van der Waals surface area contributed by atoms with Gasteiger partial charge in [0.25, 0.3) is 0 Å². The highest BCUT2D eigenvalue weighted by Gasteiger charge is 2.11. The molecule has 0 aromatic heterocycles. The summed E-state index contributed by atoms with van der Waals surface area (Å²) >= 11 is 0.778. The van der Waals surface area contributed by atoms with E-state index in [1.54, 1.807) is 0 Å². The second-order valence-electron chi connectivity index (χ2n) is 3.82. The lowest BCUT2D eigenvalue weighted by molar-refractivity contribution is -0.151. The van der Waals surface area contributed by atoms with E-state index in [-0.39, 0.29) is 50.5 Å². The lowest BCUT2D eigenvalue weighted by Gasteiger charge is -2.09. The molecule has 120 valence electrons. The number of carbonyl (C=O) groups is 3. The van der Waals surface area contributed by atoms with E-state index >= 15 is 0 Å². The van der Waals surface area contributed by atoms with E-state index in [4.69, 9.17) is 23.7 Å². The van der Waals surface area contributed by atoms with Crippen molar-refractivity contribution < 1.29 is 38.1 Å². The van der Waals surface area contributed by atoms with Gasteiger partial charge in [0, 0.05) is 0 Å². The molecule has 1 saturated heterocycles. The Kier molecular flexibility index (Phi) is 9.79. The van der Waals surface area contributed by atoms with Crippen LogP contribution in [0.2, 0.25) is 0 Å². The van der Waals surface area contributed by atoms with Gasteiger partial charge in [-0.3, -0.25) is 9.59 Å². The summed E-state index contributed by atoms with van der Waals surface area (Å²) in [7, 11) is 0. The molecule has 0 unspecified atom stereocenters. The van der Waals surface area contributed by atoms with Crippen LogP contribution in [-0.2, 0) is 38.1 Å². The first-order valence-corrected chi connectivity index (χ1v) is 7.37. The number of hydrogen-bond acceptors (Lipinski definition) is 9. The quantitative estimate of drug-likeness (QED) is 0.541. The maximum atomic E-state index is 11.4. The molecular formula is C12H18O8S. The summed E-state index contributed by atoms with van der Waals surface area (Å²) in [5.41, 5.74) is 0. The van der Waals surface area contributed by atoms with Gasteiger partial charge in [-0.1, -0.05) is 11.8 Å². The van der Waals surface area contributed by atoms with Crippen LogP contribution in [0.25, 0.3) is 0 Å². The summed E-state index contributed by atoms with van der Waals surface area (Å²) < 4.78 is 24.9. The van der Waals surface area contributed by atoms with Gasteiger partial charge >= 0.3 is 11.9 Å². The molecule has 0 spiro atoms. The molecule has 1 heterocycles. The van der Waals surface area contributed by atoms with Crippen molar-refractivity contribution in [2.45, 2.75) is 0 Å². The van der Waals surface area contributed by atoms with Crippen LogP contribution in [0.15, 0.2) is 0 Å². The van der Waals surface area contributed by atoms with Gasteiger partial charge in [-0.25, -0.2) is 4.79 Å². The minimum Gasteiger partial charge on any atom is -0.463 e. The molecule has 1 aliphatic rings. The fraction of sp³-hybridized carbons (Fsp3) is 0.750. The van der Waals surface area contributed by atoms with Gasteiger partial charge in [0.05, 0.1) is 32.2 Å². The zero-order valence-corrected chi connectivity index (χ0v) is 12.4. The predicted molar refractivity (Wildman–Crippen MR) is 71.8 cm³/mol. The Morgan fingerprint density at radius 1 is 0.667 bits per heavy atom. The van der Waals surface area contributed by atoms with Crippen LogP contribution in [0, 0.1) is 0 Å². The molecule has 8 nitrogen and oxygen atoms in total. The molecule has 0 bridgehead atoms. The first kappa shape index (κ1) is 17.9. The topological polar surface area (TPSA) is 97.4 Å². The van der Waals surface area contributed by atoms with Gasteiger partial charge in [0.2, 0.25) is 5.12 Å². The Bertz CT molecular complexity index is 346. The van der Waals surface area contributed by atoms with E-state index in [0.717, 1.165) is 11.8 Å². The maximum Gasteiger partial charge on any atom is 0.332 e. The third kappa shape index (κ3) is 10.2. The predicted octanol–water partition coefficient (Wildman–Crippen LogP) is -0.604. The highest BCUT2D eigenvalue weighted by molar-refractivity contribution is 8.14. The molecule has 0 aromatic carbocycles. The second kappa shape index (κ2) is 11.5. The third-order valence-corrected chi connectivity index (χ3v) is 2.96.